The second-order valence-corrected chi connectivity index (χ2v) is 6.18. The Morgan fingerprint density at radius 3 is 2.56 bits per heavy atom. The molecule has 2 rings (SSSR count). The molecule has 3 heteroatoms. The van der Waals surface area contributed by atoms with Gasteiger partial charge in [0.2, 0.25) is 0 Å². The zero-order valence-electron chi connectivity index (χ0n) is 11.3. The fraction of sp³-hybridized carbons (Fsp3) is 0.600. The van der Waals surface area contributed by atoms with Gasteiger partial charge in [0.1, 0.15) is 0 Å². The van der Waals surface area contributed by atoms with E-state index in [2.05, 4.69) is 23.3 Å². The zero-order valence-corrected chi connectivity index (χ0v) is 12.1. The summed E-state index contributed by atoms with van der Waals surface area (Å²) in [6.07, 6.45) is 5.74. The lowest BCUT2D eigenvalue weighted by Crippen LogP contribution is -2.24. The van der Waals surface area contributed by atoms with Gasteiger partial charge >= 0.3 is 0 Å². The Hall–Kier alpha value is -0.670. The van der Waals surface area contributed by atoms with E-state index in [0.717, 1.165) is 23.9 Å². The van der Waals surface area contributed by atoms with Crippen molar-refractivity contribution in [2.45, 2.75) is 37.5 Å². The van der Waals surface area contributed by atoms with Gasteiger partial charge in [0.25, 0.3) is 0 Å². The molecular weight excluding hydrogens is 242 g/mol. The average Bonchev–Trinajstić information content (AvgIpc) is 2.64. The molecule has 1 heterocycles. The van der Waals surface area contributed by atoms with Gasteiger partial charge in [-0.15, -0.1) is 0 Å². The van der Waals surface area contributed by atoms with Gasteiger partial charge < -0.3 is 10.0 Å². The van der Waals surface area contributed by atoms with Crippen LogP contribution in [0.4, 0.5) is 5.69 Å². The quantitative estimate of drug-likeness (QED) is 0.905. The van der Waals surface area contributed by atoms with E-state index in [1.54, 1.807) is 0 Å². The molecule has 1 aliphatic heterocycles. The number of aliphatic hydroxyl groups is 1. The van der Waals surface area contributed by atoms with Crippen molar-refractivity contribution in [3.8, 4) is 0 Å². The first-order chi connectivity index (χ1) is 8.70. The van der Waals surface area contributed by atoms with Crippen molar-refractivity contribution in [2.75, 3.05) is 24.2 Å². The minimum atomic E-state index is -0.371. The maximum Gasteiger partial charge on any atom is 0.0761 e. The number of hydrogen-bond acceptors (Lipinski definition) is 3. The van der Waals surface area contributed by atoms with Gasteiger partial charge in [0.15, 0.2) is 0 Å². The summed E-state index contributed by atoms with van der Waals surface area (Å²) in [6, 6.07) is 8.36. The Morgan fingerprint density at radius 2 is 1.94 bits per heavy atom. The third kappa shape index (κ3) is 3.42. The molecule has 0 aliphatic carbocycles. The Kier molecular flexibility index (Phi) is 4.95. The number of aliphatic hydroxyl groups excluding tert-OH is 1. The molecule has 1 aliphatic rings. The predicted octanol–water partition coefficient (Wildman–Crippen LogP) is 3.46. The summed E-state index contributed by atoms with van der Waals surface area (Å²) in [4.78, 5) is 2.47. The molecule has 2 nitrogen and oxygen atoms in total. The first-order valence-electron chi connectivity index (χ1n) is 6.76. The highest BCUT2D eigenvalue weighted by molar-refractivity contribution is 7.99. The number of thioether (sulfide) groups is 1. The molecule has 1 fully saturated rings. The molecule has 0 aromatic heterocycles. The molecule has 1 saturated heterocycles. The van der Waals surface area contributed by atoms with Crippen LogP contribution in [0.15, 0.2) is 24.3 Å². The SMILES string of the molecule is CSC1CCCN(c2ccc([C@H](C)O)cc2)CC1. The average molecular weight is 265 g/mol. The number of anilines is 1. The van der Waals surface area contributed by atoms with Crippen molar-refractivity contribution < 1.29 is 5.11 Å². The van der Waals surface area contributed by atoms with Gasteiger partial charge in [-0.1, -0.05) is 12.1 Å². The van der Waals surface area contributed by atoms with Crippen LogP contribution in [-0.4, -0.2) is 29.7 Å². The van der Waals surface area contributed by atoms with Gasteiger partial charge in [-0.3, -0.25) is 0 Å². The van der Waals surface area contributed by atoms with E-state index in [4.69, 9.17) is 0 Å². The summed E-state index contributed by atoms with van der Waals surface area (Å²) in [5, 5.41) is 10.3. The standard InChI is InChI=1S/C15H23NOS/c1-12(17)13-5-7-14(8-6-13)16-10-3-4-15(18-2)9-11-16/h5-8,12,15,17H,3-4,9-11H2,1-2H3/t12-,15?/m0/s1. The topological polar surface area (TPSA) is 23.5 Å². The molecule has 100 valence electrons. The molecule has 0 radical (unpaired) electrons. The van der Waals surface area contributed by atoms with Crippen LogP contribution < -0.4 is 4.90 Å². The van der Waals surface area contributed by atoms with Crippen molar-refractivity contribution in [1.29, 1.82) is 0 Å². The Bertz CT molecular complexity index is 363. The van der Waals surface area contributed by atoms with Crippen LogP contribution in [-0.2, 0) is 0 Å². The zero-order chi connectivity index (χ0) is 13.0. The van der Waals surface area contributed by atoms with Crippen molar-refractivity contribution >= 4 is 17.4 Å². The van der Waals surface area contributed by atoms with Crippen LogP contribution in [0.3, 0.4) is 0 Å². The van der Waals surface area contributed by atoms with E-state index in [1.807, 2.05) is 30.8 Å². The first-order valence-corrected chi connectivity index (χ1v) is 8.05. The Morgan fingerprint density at radius 1 is 1.22 bits per heavy atom. The fourth-order valence-corrected chi connectivity index (χ4v) is 3.27. The highest BCUT2D eigenvalue weighted by Crippen LogP contribution is 2.25. The molecule has 1 unspecified atom stereocenters. The molecule has 0 saturated carbocycles. The summed E-state index contributed by atoms with van der Waals surface area (Å²) in [6.45, 7) is 4.12. The second kappa shape index (κ2) is 6.48. The van der Waals surface area contributed by atoms with E-state index in [-0.39, 0.29) is 6.10 Å². The molecular formula is C15H23NOS. The van der Waals surface area contributed by atoms with Crippen molar-refractivity contribution in [2.24, 2.45) is 0 Å². The summed E-state index contributed by atoms with van der Waals surface area (Å²) >= 11 is 2.00. The number of benzene rings is 1. The normalized spacial score (nSPS) is 22.6. The van der Waals surface area contributed by atoms with E-state index >= 15 is 0 Å². The predicted molar refractivity (Wildman–Crippen MR) is 80.4 cm³/mol. The van der Waals surface area contributed by atoms with Gasteiger partial charge in [-0.05, 0) is 50.1 Å². The third-order valence-corrected chi connectivity index (χ3v) is 4.89. The fourth-order valence-electron chi connectivity index (χ4n) is 2.52. The lowest BCUT2D eigenvalue weighted by Gasteiger charge is -2.23. The van der Waals surface area contributed by atoms with Crippen LogP contribution >= 0.6 is 11.8 Å². The van der Waals surface area contributed by atoms with Crippen LogP contribution in [0.1, 0.15) is 37.9 Å². The van der Waals surface area contributed by atoms with Crippen molar-refractivity contribution in [3.05, 3.63) is 29.8 Å². The van der Waals surface area contributed by atoms with E-state index in [9.17, 15) is 5.11 Å². The lowest BCUT2D eigenvalue weighted by atomic mass is 10.1. The summed E-state index contributed by atoms with van der Waals surface area (Å²) in [5.74, 6) is 0. The largest absolute Gasteiger partial charge is 0.389 e. The van der Waals surface area contributed by atoms with Crippen LogP contribution in [0.25, 0.3) is 0 Å². The monoisotopic (exact) mass is 265 g/mol. The van der Waals surface area contributed by atoms with Crippen LogP contribution in [0.2, 0.25) is 0 Å². The smallest absolute Gasteiger partial charge is 0.0761 e. The van der Waals surface area contributed by atoms with E-state index < -0.39 is 0 Å². The van der Waals surface area contributed by atoms with Crippen LogP contribution in [0, 0.1) is 0 Å². The molecule has 1 aromatic carbocycles. The summed E-state index contributed by atoms with van der Waals surface area (Å²) in [7, 11) is 0. The number of hydrogen-bond donors (Lipinski definition) is 1. The van der Waals surface area contributed by atoms with Crippen molar-refractivity contribution in [1.82, 2.24) is 0 Å². The van der Waals surface area contributed by atoms with E-state index in [0.29, 0.717) is 0 Å². The van der Waals surface area contributed by atoms with Gasteiger partial charge in [0, 0.05) is 24.0 Å². The van der Waals surface area contributed by atoms with Gasteiger partial charge in [0.05, 0.1) is 6.10 Å². The lowest BCUT2D eigenvalue weighted by molar-refractivity contribution is 0.199. The van der Waals surface area contributed by atoms with Crippen molar-refractivity contribution in [3.63, 3.8) is 0 Å². The molecule has 1 aromatic rings. The molecule has 0 spiro atoms. The summed E-state index contributed by atoms with van der Waals surface area (Å²) < 4.78 is 0. The maximum absolute atomic E-state index is 9.52. The molecule has 2 atom stereocenters. The third-order valence-electron chi connectivity index (χ3n) is 3.75. The molecule has 1 N–H and O–H groups in total. The highest BCUT2D eigenvalue weighted by Gasteiger charge is 2.16. The Labute approximate surface area is 114 Å². The van der Waals surface area contributed by atoms with Gasteiger partial charge in [-0.25, -0.2) is 0 Å². The maximum atomic E-state index is 9.52. The number of rotatable bonds is 3. The van der Waals surface area contributed by atoms with E-state index in [1.165, 1.54) is 24.9 Å². The Balaban J connectivity index is 2.02. The summed E-state index contributed by atoms with van der Waals surface area (Å²) in [5.41, 5.74) is 2.29. The number of nitrogens with zero attached hydrogens (tertiary/aromatic N) is 1. The second-order valence-electron chi connectivity index (χ2n) is 5.04. The van der Waals surface area contributed by atoms with Gasteiger partial charge in [-0.2, -0.15) is 11.8 Å². The molecule has 18 heavy (non-hydrogen) atoms. The minimum absolute atomic E-state index is 0.371. The highest BCUT2D eigenvalue weighted by atomic mass is 32.2. The molecule has 0 amide bonds. The van der Waals surface area contributed by atoms with Crippen LogP contribution in [0.5, 0.6) is 0 Å². The minimum Gasteiger partial charge on any atom is -0.389 e. The molecule has 0 bridgehead atoms. The first kappa shape index (κ1) is 13.8.